The molecule has 0 saturated carbocycles. The summed E-state index contributed by atoms with van der Waals surface area (Å²) in [4.78, 5) is 23.4. The fourth-order valence-corrected chi connectivity index (χ4v) is 2.01. The highest BCUT2D eigenvalue weighted by molar-refractivity contribution is 6.33. The Balaban J connectivity index is 2.00. The molecule has 20 heavy (non-hydrogen) atoms. The monoisotopic (exact) mass is 290 g/mol. The van der Waals surface area contributed by atoms with Gasteiger partial charge in [0.2, 0.25) is 5.91 Å². The predicted octanol–water partition coefficient (Wildman–Crippen LogP) is 3.37. The van der Waals surface area contributed by atoms with Crippen molar-refractivity contribution in [1.29, 1.82) is 0 Å². The Morgan fingerprint density at radius 3 is 2.70 bits per heavy atom. The Morgan fingerprint density at radius 1 is 1.25 bits per heavy atom. The summed E-state index contributed by atoms with van der Waals surface area (Å²) in [5.74, 6) is -0.126. The Hall–Kier alpha value is -2.07. The number of halogens is 1. The number of carbonyl (C=O) groups is 2. The number of ketones is 1. The topological polar surface area (TPSA) is 51.1 Å². The molecule has 1 aromatic carbocycles. The average molecular weight is 291 g/mol. The second-order valence-electron chi connectivity index (χ2n) is 4.38. The standard InChI is InChI=1S/C15H15ClN2O2/c1-2-14(19)11-7-8-18(9-11)10-15(20)17-13-6-4-3-5-12(13)16/h3-9H,2,10H2,1H3,(H,17,20). The van der Waals surface area contributed by atoms with Gasteiger partial charge in [-0.05, 0) is 18.2 Å². The van der Waals surface area contributed by atoms with Crippen LogP contribution in [0, 0.1) is 0 Å². The lowest BCUT2D eigenvalue weighted by atomic mass is 10.2. The number of para-hydroxylation sites is 1. The SMILES string of the molecule is CCC(=O)c1ccn(CC(=O)Nc2ccccc2Cl)c1. The van der Waals surface area contributed by atoms with Gasteiger partial charge in [-0.15, -0.1) is 0 Å². The molecule has 0 radical (unpaired) electrons. The number of hydrogen-bond donors (Lipinski definition) is 1. The van der Waals surface area contributed by atoms with Gasteiger partial charge in [0, 0.05) is 24.4 Å². The van der Waals surface area contributed by atoms with Gasteiger partial charge >= 0.3 is 0 Å². The quantitative estimate of drug-likeness (QED) is 0.858. The molecule has 0 aliphatic carbocycles. The van der Waals surface area contributed by atoms with Crippen LogP contribution in [0.1, 0.15) is 23.7 Å². The van der Waals surface area contributed by atoms with Crippen molar-refractivity contribution in [3.05, 3.63) is 53.3 Å². The number of amides is 1. The van der Waals surface area contributed by atoms with E-state index < -0.39 is 0 Å². The molecule has 1 N–H and O–H groups in total. The third-order valence-electron chi connectivity index (χ3n) is 2.87. The van der Waals surface area contributed by atoms with Crippen molar-refractivity contribution in [1.82, 2.24) is 4.57 Å². The summed E-state index contributed by atoms with van der Waals surface area (Å²) in [5, 5.41) is 3.23. The van der Waals surface area contributed by atoms with Gasteiger partial charge < -0.3 is 9.88 Å². The van der Waals surface area contributed by atoms with E-state index in [2.05, 4.69) is 5.32 Å². The number of rotatable bonds is 5. The fourth-order valence-electron chi connectivity index (χ4n) is 1.83. The van der Waals surface area contributed by atoms with Crippen LogP contribution in [0.5, 0.6) is 0 Å². The summed E-state index contributed by atoms with van der Waals surface area (Å²) in [6, 6.07) is 8.77. The summed E-state index contributed by atoms with van der Waals surface area (Å²) in [6.07, 6.45) is 3.85. The first-order chi connectivity index (χ1) is 9.60. The van der Waals surface area contributed by atoms with Gasteiger partial charge in [-0.3, -0.25) is 9.59 Å². The lowest BCUT2D eigenvalue weighted by molar-refractivity contribution is -0.116. The fraction of sp³-hybridized carbons (Fsp3) is 0.200. The summed E-state index contributed by atoms with van der Waals surface area (Å²) in [6.45, 7) is 1.95. The smallest absolute Gasteiger partial charge is 0.244 e. The van der Waals surface area contributed by atoms with Gasteiger partial charge in [0.15, 0.2) is 5.78 Å². The predicted molar refractivity (Wildman–Crippen MR) is 79.1 cm³/mol. The van der Waals surface area contributed by atoms with E-state index >= 15 is 0 Å². The maximum absolute atomic E-state index is 11.9. The van der Waals surface area contributed by atoms with Crippen molar-refractivity contribution in [2.45, 2.75) is 19.9 Å². The number of benzene rings is 1. The minimum absolute atomic E-state index is 0.0651. The van der Waals surface area contributed by atoms with Gasteiger partial charge in [0.05, 0.1) is 10.7 Å². The number of hydrogen-bond acceptors (Lipinski definition) is 2. The zero-order valence-electron chi connectivity index (χ0n) is 11.1. The third kappa shape index (κ3) is 3.48. The molecule has 0 aliphatic heterocycles. The number of nitrogens with zero attached hydrogens (tertiary/aromatic N) is 1. The normalized spacial score (nSPS) is 10.3. The molecule has 1 aromatic heterocycles. The molecule has 4 nitrogen and oxygen atoms in total. The number of aromatic nitrogens is 1. The summed E-state index contributed by atoms with van der Waals surface area (Å²) < 4.78 is 1.68. The first-order valence-corrected chi connectivity index (χ1v) is 6.71. The Bertz CT molecular complexity index is 634. The first-order valence-electron chi connectivity index (χ1n) is 6.33. The molecule has 2 aromatic rings. The maximum Gasteiger partial charge on any atom is 0.244 e. The van der Waals surface area contributed by atoms with Crippen LogP contribution >= 0.6 is 11.6 Å². The van der Waals surface area contributed by atoms with Crippen molar-refractivity contribution < 1.29 is 9.59 Å². The molecule has 1 heterocycles. The minimum Gasteiger partial charge on any atom is -0.344 e. The van der Waals surface area contributed by atoms with E-state index in [1.165, 1.54) is 0 Å². The Morgan fingerprint density at radius 2 is 2.00 bits per heavy atom. The highest BCUT2D eigenvalue weighted by Crippen LogP contribution is 2.20. The van der Waals surface area contributed by atoms with E-state index in [4.69, 9.17) is 11.6 Å². The maximum atomic E-state index is 11.9. The molecule has 0 unspecified atom stereocenters. The molecular formula is C15H15ClN2O2. The molecule has 0 atom stereocenters. The zero-order chi connectivity index (χ0) is 14.5. The minimum atomic E-state index is -0.191. The van der Waals surface area contributed by atoms with Crippen molar-refractivity contribution >= 4 is 29.0 Å². The van der Waals surface area contributed by atoms with Gasteiger partial charge in [-0.2, -0.15) is 0 Å². The number of anilines is 1. The highest BCUT2D eigenvalue weighted by Gasteiger charge is 2.08. The van der Waals surface area contributed by atoms with Crippen LogP contribution in [0.2, 0.25) is 5.02 Å². The van der Waals surface area contributed by atoms with Gasteiger partial charge in [-0.25, -0.2) is 0 Å². The molecule has 0 bridgehead atoms. The summed E-state index contributed by atoms with van der Waals surface area (Å²) >= 11 is 5.97. The molecule has 2 rings (SSSR count). The molecular weight excluding hydrogens is 276 g/mol. The van der Waals surface area contributed by atoms with E-state index in [1.807, 2.05) is 6.92 Å². The number of carbonyl (C=O) groups excluding carboxylic acids is 2. The molecule has 5 heteroatoms. The van der Waals surface area contributed by atoms with Crippen molar-refractivity contribution in [3.63, 3.8) is 0 Å². The Kier molecular flexibility index (Phi) is 4.58. The van der Waals surface area contributed by atoms with E-state index in [0.29, 0.717) is 22.7 Å². The molecule has 0 saturated heterocycles. The largest absolute Gasteiger partial charge is 0.344 e. The van der Waals surface area contributed by atoms with Gasteiger partial charge in [0.25, 0.3) is 0 Å². The first kappa shape index (κ1) is 14.3. The van der Waals surface area contributed by atoms with Crippen LogP contribution in [0.25, 0.3) is 0 Å². The van der Waals surface area contributed by atoms with Gasteiger partial charge in [0.1, 0.15) is 6.54 Å². The summed E-state index contributed by atoms with van der Waals surface area (Å²) in [5.41, 5.74) is 1.20. The van der Waals surface area contributed by atoms with Crippen LogP contribution in [0.4, 0.5) is 5.69 Å². The Labute approximate surface area is 122 Å². The van der Waals surface area contributed by atoms with E-state index in [9.17, 15) is 9.59 Å². The van der Waals surface area contributed by atoms with Crippen molar-refractivity contribution in [2.75, 3.05) is 5.32 Å². The second-order valence-corrected chi connectivity index (χ2v) is 4.78. The van der Waals surface area contributed by atoms with Crippen molar-refractivity contribution in [3.8, 4) is 0 Å². The number of Topliss-reactive ketones (excluding diaryl/α,β-unsaturated/α-hetero) is 1. The average Bonchev–Trinajstić information content (AvgIpc) is 2.89. The zero-order valence-corrected chi connectivity index (χ0v) is 11.9. The molecule has 0 aliphatic rings. The van der Waals surface area contributed by atoms with Crippen LogP contribution in [0.3, 0.4) is 0 Å². The lowest BCUT2D eigenvalue weighted by Crippen LogP contribution is -2.18. The van der Waals surface area contributed by atoms with Crippen molar-refractivity contribution in [2.24, 2.45) is 0 Å². The van der Waals surface area contributed by atoms with E-state index in [1.54, 1.807) is 47.3 Å². The van der Waals surface area contributed by atoms with E-state index in [-0.39, 0.29) is 18.2 Å². The third-order valence-corrected chi connectivity index (χ3v) is 3.20. The summed E-state index contributed by atoms with van der Waals surface area (Å²) in [7, 11) is 0. The van der Waals surface area contributed by atoms with Crippen LogP contribution < -0.4 is 5.32 Å². The van der Waals surface area contributed by atoms with Crippen LogP contribution in [-0.4, -0.2) is 16.3 Å². The molecule has 0 spiro atoms. The van der Waals surface area contributed by atoms with E-state index in [0.717, 1.165) is 0 Å². The lowest BCUT2D eigenvalue weighted by Gasteiger charge is -2.07. The number of nitrogens with one attached hydrogen (secondary N) is 1. The highest BCUT2D eigenvalue weighted by atomic mass is 35.5. The van der Waals surface area contributed by atoms with Crippen LogP contribution in [0.15, 0.2) is 42.7 Å². The molecule has 0 fully saturated rings. The van der Waals surface area contributed by atoms with Crippen LogP contribution in [-0.2, 0) is 11.3 Å². The molecule has 104 valence electrons. The van der Waals surface area contributed by atoms with Gasteiger partial charge in [-0.1, -0.05) is 30.7 Å². The molecule has 1 amide bonds. The second kappa shape index (κ2) is 6.39.